The van der Waals surface area contributed by atoms with Gasteiger partial charge in [-0.15, -0.1) is 11.1 Å². The quantitative estimate of drug-likeness (QED) is 0.574. The maximum absolute atomic E-state index is 6.11. The monoisotopic (exact) mass is 225 g/mol. The predicted octanol–water partition coefficient (Wildman–Crippen LogP) is 2.65. The van der Waals surface area contributed by atoms with Crippen LogP contribution < -0.4 is 4.98 Å². The van der Waals surface area contributed by atoms with Gasteiger partial charge in [0, 0.05) is 0 Å². The van der Waals surface area contributed by atoms with Crippen LogP contribution in [0.2, 0.25) is 26.2 Å². The van der Waals surface area contributed by atoms with Gasteiger partial charge in [-0.1, -0.05) is 6.92 Å². The fraction of sp³-hybridized carbons (Fsp3) is 1.00. The molecule has 0 aliphatic rings. The van der Waals surface area contributed by atoms with Crippen molar-refractivity contribution in [3.05, 3.63) is 0 Å². The van der Waals surface area contributed by atoms with Crippen molar-refractivity contribution in [1.82, 2.24) is 4.98 Å². The van der Waals surface area contributed by atoms with E-state index in [1.165, 1.54) is 0 Å². The van der Waals surface area contributed by atoms with E-state index in [0.717, 1.165) is 13.0 Å². The fourth-order valence-electron chi connectivity index (χ4n) is 1.07. The zero-order chi connectivity index (χ0) is 9.83. The number of hydrogen-bond acceptors (Lipinski definition) is 2. The van der Waals surface area contributed by atoms with E-state index < -0.39 is 16.1 Å². The van der Waals surface area contributed by atoms with Crippen molar-refractivity contribution in [3.63, 3.8) is 0 Å². The SMILES string of the molecule is CCCN[Si](C)(C)O[Si](C)(C)Cl. The summed E-state index contributed by atoms with van der Waals surface area (Å²) in [6, 6.07) is 0. The van der Waals surface area contributed by atoms with E-state index >= 15 is 0 Å². The van der Waals surface area contributed by atoms with Crippen LogP contribution in [0.15, 0.2) is 0 Å². The van der Waals surface area contributed by atoms with Gasteiger partial charge in [0.15, 0.2) is 0 Å². The van der Waals surface area contributed by atoms with Crippen molar-refractivity contribution in [2.75, 3.05) is 6.54 Å². The van der Waals surface area contributed by atoms with E-state index in [9.17, 15) is 0 Å². The van der Waals surface area contributed by atoms with Crippen LogP contribution in [-0.4, -0.2) is 22.7 Å². The Morgan fingerprint density at radius 2 is 1.75 bits per heavy atom. The fourth-order valence-corrected chi connectivity index (χ4v) is 8.80. The second-order valence-corrected chi connectivity index (χ2v) is 13.6. The van der Waals surface area contributed by atoms with Gasteiger partial charge in [-0.3, -0.25) is 0 Å². The first-order valence-electron chi connectivity index (χ1n) is 4.41. The van der Waals surface area contributed by atoms with Crippen LogP contribution in [0, 0.1) is 0 Å². The molecule has 0 aromatic carbocycles. The van der Waals surface area contributed by atoms with Crippen LogP contribution in [0.4, 0.5) is 0 Å². The third-order valence-electron chi connectivity index (χ3n) is 1.30. The van der Waals surface area contributed by atoms with E-state index in [4.69, 9.17) is 15.2 Å². The summed E-state index contributed by atoms with van der Waals surface area (Å²) in [4.78, 5) is 3.43. The summed E-state index contributed by atoms with van der Waals surface area (Å²) in [5.74, 6) is 0. The summed E-state index contributed by atoms with van der Waals surface area (Å²) >= 11 is 6.11. The summed E-state index contributed by atoms with van der Waals surface area (Å²) < 4.78 is 5.86. The van der Waals surface area contributed by atoms with Crippen molar-refractivity contribution in [1.29, 1.82) is 0 Å². The molecule has 0 aromatic heterocycles. The second kappa shape index (κ2) is 4.76. The molecule has 0 radical (unpaired) electrons. The molecule has 0 heterocycles. The van der Waals surface area contributed by atoms with Gasteiger partial charge >= 0.3 is 0 Å². The topological polar surface area (TPSA) is 21.3 Å². The van der Waals surface area contributed by atoms with E-state index in [-0.39, 0.29) is 0 Å². The minimum atomic E-state index is -1.87. The third-order valence-corrected chi connectivity index (χ3v) is 7.08. The molecule has 74 valence electrons. The van der Waals surface area contributed by atoms with Gasteiger partial charge in [-0.2, -0.15) is 0 Å². The van der Waals surface area contributed by atoms with Crippen molar-refractivity contribution < 1.29 is 4.12 Å². The minimum absolute atomic E-state index is 1.03. The van der Waals surface area contributed by atoms with Crippen LogP contribution in [0.3, 0.4) is 0 Å². The summed E-state index contributed by atoms with van der Waals surface area (Å²) in [5.41, 5.74) is 0. The van der Waals surface area contributed by atoms with Crippen LogP contribution in [0.5, 0.6) is 0 Å². The number of nitrogens with one attached hydrogen (secondary N) is 1. The summed E-state index contributed by atoms with van der Waals surface area (Å²) in [6.07, 6.45) is 1.14. The largest absolute Gasteiger partial charge is 0.433 e. The molecular weight excluding hydrogens is 206 g/mol. The Bertz CT molecular complexity index is 136. The molecule has 5 heteroatoms. The van der Waals surface area contributed by atoms with Crippen LogP contribution in [-0.2, 0) is 4.12 Å². The molecular formula is C7H20ClNOSi2. The van der Waals surface area contributed by atoms with Gasteiger partial charge in [0.1, 0.15) is 0 Å². The highest BCUT2D eigenvalue weighted by Crippen LogP contribution is 2.15. The predicted molar refractivity (Wildman–Crippen MR) is 60.2 cm³/mol. The zero-order valence-electron chi connectivity index (χ0n) is 8.70. The molecule has 0 bridgehead atoms. The summed E-state index contributed by atoms with van der Waals surface area (Å²) in [6.45, 7) is 11.5. The molecule has 2 nitrogen and oxygen atoms in total. The normalized spacial score (nSPS) is 13.5. The maximum atomic E-state index is 6.11. The van der Waals surface area contributed by atoms with Gasteiger partial charge in [0.05, 0.1) is 0 Å². The number of halogens is 1. The minimum Gasteiger partial charge on any atom is -0.433 e. The van der Waals surface area contributed by atoms with Gasteiger partial charge in [0.25, 0.3) is 16.1 Å². The Morgan fingerprint density at radius 1 is 1.25 bits per heavy atom. The molecule has 0 amide bonds. The number of hydrogen-bond donors (Lipinski definition) is 1. The van der Waals surface area contributed by atoms with Crippen molar-refractivity contribution in [2.24, 2.45) is 0 Å². The first-order chi connectivity index (χ1) is 5.27. The lowest BCUT2D eigenvalue weighted by atomic mass is 10.5. The van der Waals surface area contributed by atoms with Gasteiger partial charge < -0.3 is 9.10 Å². The Kier molecular flexibility index (Phi) is 5.02. The summed E-state index contributed by atoms with van der Waals surface area (Å²) in [7, 11) is -3.55. The van der Waals surface area contributed by atoms with E-state index in [1.807, 2.05) is 13.1 Å². The highest BCUT2D eigenvalue weighted by atomic mass is 35.6. The van der Waals surface area contributed by atoms with Crippen LogP contribution >= 0.6 is 11.1 Å². The second-order valence-electron chi connectivity index (χ2n) is 3.90. The molecule has 0 aliphatic heterocycles. The molecule has 12 heavy (non-hydrogen) atoms. The lowest BCUT2D eigenvalue weighted by Gasteiger charge is -2.30. The molecule has 0 saturated heterocycles. The van der Waals surface area contributed by atoms with Crippen LogP contribution in [0.25, 0.3) is 0 Å². The molecule has 0 unspecified atom stereocenters. The molecule has 1 N–H and O–H groups in total. The maximum Gasteiger partial charge on any atom is 0.274 e. The highest BCUT2D eigenvalue weighted by molar-refractivity contribution is 7.17. The molecule has 0 atom stereocenters. The lowest BCUT2D eigenvalue weighted by Crippen LogP contribution is -2.53. The Hall–Kier alpha value is 0.644. The molecule has 0 spiro atoms. The van der Waals surface area contributed by atoms with Gasteiger partial charge in [-0.25, -0.2) is 0 Å². The van der Waals surface area contributed by atoms with E-state index in [2.05, 4.69) is 25.0 Å². The number of rotatable bonds is 5. The van der Waals surface area contributed by atoms with E-state index in [1.54, 1.807) is 0 Å². The first kappa shape index (κ1) is 12.6. The standard InChI is InChI=1S/C7H20ClNOSi2/c1-6-7-9-12(4,5)10-11(2,3)8/h9H,6-7H2,1-5H3. The van der Waals surface area contributed by atoms with Crippen LogP contribution in [0.1, 0.15) is 13.3 Å². The third kappa shape index (κ3) is 7.30. The zero-order valence-corrected chi connectivity index (χ0v) is 11.5. The smallest absolute Gasteiger partial charge is 0.274 e. The summed E-state index contributed by atoms with van der Waals surface area (Å²) in [5, 5.41) is 0. The van der Waals surface area contributed by atoms with E-state index in [0.29, 0.717) is 0 Å². The van der Waals surface area contributed by atoms with Crippen molar-refractivity contribution in [2.45, 2.75) is 39.5 Å². The van der Waals surface area contributed by atoms with Crippen molar-refractivity contribution >= 4 is 27.2 Å². The molecule has 0 aromatic rings. The average Bonchev–Trinajstić information content (AvgIpc) is 1.78. The van der Waals surface area contributed by atoms with Gasteiger partial charge in [-0.05, 0) is 39.2 Å². The lowest BCUT2D eigenvalue weighted by molar-refractivity contribution is 0.537. The molecule has 0 rings (SSSR count). The molecule has 0 aliphatic carbocycles. The molecule has 0 saturated carbocycles. The Balaban J connectivity index is 3.86. The molecule has 0 fully saturated rings. The Labute approximate surface area is 82.7 Å². The first-order valence-corrected chi connectivity index (χ1v) is 11.2. The highest BCUT2D eigenvalue weighted by Gasteiger charge is 2.31. The average molecular weight is 226 g/mol. The van der Waals surface area contributed by atoms with Crippen molar-refractivity contribution in [3.8, 4) is 0 Å². The van der Waals surface area contributed by atoms with Gasteiger partial charge in [0.2, 0.25) is 0 Å². The Morgan fingerprint density at radius 3 is 2.08 bits per heavy atom.